The Morgan fingerprint density at radius 1 is 1.36 bits per heavy atom. The maximum absolute atomic E-state index is 12.6. The Morgan fingerprint density at radius 3 is 2.56 bits per heavy atom. The van der Waals surface area contributed by atoms with E-state index in [2.05, 4.69) is 9.84 Å². The minimum atomic E-state index is -3.60. The molecule has 0 aromatic carbocycles. The largest absolute Gasteiger partial charge is 0.463 e. The Kier molecular flexibility index (Phi) is 5.38. The van der Waals surface area contributed by atoms with Gasteiger partial charge in [-0.3, -0.25) is 4.68 Å². The smallest absolute Gasteiger partial charge is 0.374 e. The average molecular weight is 369 g/mol. The van der Waals surface area contributed by atoms with Crippen LogP contribution in [0.2, 0.25) is 0 Å². The molecule has 0 fully saturated rings. The summed E-state index contributed by atoms with van der Waals surface area (Å²) in [4.78, 5) is 11.8. The van der Waals surface area contributed by atoms with Gasteiger partial charge < -0.3 is 9.15 Å². The van der Waals surface area contributed by atoms with Gasteiger partial charge in [-0.15, -0.1) is 0 Å². The molecule has 0 amide bonds. The van der Waals surface area contributed by atoms with Crippen LogP contribution in [0.4, 0.5) is 0 Å². The molecule has 0 N–H and O–H groups in total. The molecule has 2 rings (SSSR count). The Balaban J connectivity index is 2.41. The predicted octanol–water partition coefficient (Wildman–Crippen LogP) is 1.88. The lowest BCUT2D eigenvalue weighted by Crippen LogP contribution is -2.27. The third-order valence-corrected chi connectivity index (χ3v) is 6.26. The zero-order valence-electron chi connectivity index (χ0n) is 15.3. The van der Waals surface area contributed by atoms with Crippen LogP contribution < -0.4 is 0 Å². The van der Waals surface area contributed by atoms with Gasteiger partial charge in [0, 0.05) is 19.2 Å². The van der Waals surface area contributed by atoms with Crippen molar-refractivity contribution in [2.45, 2.75) is 39.1 Å². The molecule has 138 valence electrons. The van der Waals surface area contributed by atoms with Gasteiger partial charge in [0.2, 0.25) is 15.8 Å². The van der Waals surface area contributed by atoms with Gasteiger partial charge in [-0.2, -0.15) is 5.10 Å². The first-order chi connectivity index (χ1) is 11.6. The van der Waals surface area contributed by atoms with Crippen molar-refractivity contribution in [1.29, 1.82) is 0 Å². The quantitative estimate of drug-likeness (QED) is 0.722. The second-order valence-corrected chi connectivity index (χ2v) is 7.77. The molecule has 9 heteroatoms. The van der Waals surface area contributed by atoms with Gasteiger partial charge in [0.15, 0.2) is 0 Å². The number of esters is 1. The van der Waals surface area contributed by atoms with Crippen LogP contribution >= 0.6 is 0 Å². The predicted molar refractivity (Wildman–Crippen MR) is 91.1 cm³/mol. The molecule has 2 heterocycles. The SMILES string of the molecule is CCN(C)S(=O)(=O)c1c(C)nn(Cc2cc(C)c(C(=O)OC)o2)c1C. The Hall–Kier alpha value is -2.13. The third-order valence-electron chi connectivity index (χ3n) is 4.07. The monoisotopic (exact) mass is 369 g/mol. The summed E-state index contributed by atoms with van der Waals surface area (Å²) < 4.78 is 38.3. The van der Waals surface area contributed by atoms with Crippen LogP contribution in [-0.2, 0) is 21.3 Å². The fraction of sp³-hybridized carbons (Fsp3) is 0.500. The van der Waals surface area contributed by atoms with Crippen LogP contribution in [0.1, 0.15) is 40.2 Å². The minimum Gasteiger partial charge on any atom is -0.463 e. The highest BCUT2D eigenvalue weighted by Crippen LogP contribution is 2.24. The minimum absolute atomic E-state index is 0.137. The van der Waals surface area contributed by atoms with E-state index in [-0.39, 0.29) is 17.2 Å². The van der Waals surface area contributed by atoms with E-state index < -0.39 is 16.0 Å². The molecule has 0 unspecified atom stereocenters. The lowest BCUT2D eigenvalue weighted by atomic mass is 10.2. The van der Waals surface area contributed by atoms with Crippen LogP contribution in [0.15, 0.2) is 15.4 Å². The first-order valence-electron chi connectivity index (χ1n) is 7.81. The number of hydrogen-bond donors (Lipinski definition) is 0. The van der Waals surface area contributed by atoms with Gasteiger partial charge in [0.05, 0.1) is 25.0 Å². The number of aryl methyl sites for hydroxylation is 2. The molecule has 25 heavy (non-hydrogen) atoms. The molecule has 0 saturated carbocycles. The molecule has 0 aliphatic rings. The summed E-state index contributed by atoms with van der Waals surface area (Å²) in [6.45, 7) is 7.46. The number of aromatic nitrogens is 2. The Bertz CT molecular complexity index is 895. The van der Waals surface area contributed by atoms with Crippen molar-refractivity contribution in [2.75, 3.05) is 20.7 Å². The number of rotatable bonds is 6. The summed E-state index contributed by atoms with van der Waals surface area (Å²) in [6, 6.07) is 1.72. The molecule has 8 nitrogen and oxygen atoms in total. The summed E-state index contributed by atoms with van der Waals surface area (Å²) in [6.07, 6.45) is 0. The number of methoxy groups -OCH3 is 1. The molecular weight excluding hydrogens is 346 g/mol. The highest BCUT2D eigenvalue weighted by Gasteiger charge is 2.28. The van der Waals surface area contributed by atoms with E-state index in [1.807, 2.05) is 0 Å². The Labute approximate surface area is 147 Å². The second kappa shape index (κ2) is 7.01. The van der Waals surface area contributed by atoms with Crippen molar-refractivity contribution in [3.8, 4) is 0 Å². The number of hydrogen-bond acceptors (Lipinski definition) is 6. The standard InChI is InChI=1S/C16H23N3O5S/c1-7-18(5)25(21,22)15-11(3)17-19(12(15)4)9-13-8-10(2)14(24-13)16(20)23-6/h8H,7,9H2,1-6H3. The van der Waals surface area contributed by atoms with Gasteiger partial charge in [-0.05, 0) is 26.8 Å². The highest BCUT2D eigenvalue weighted by molar-refractivity contribution is 7.89. The molecule has 0 atom stereocenters. The first kappa shape index (κ1) is 19.2. The van der Waals surface area contributed by atoms with E-state index in [1.165, 1.54) is 18.5 Å². The molecule has 0 aliphatic heterocycles. The number of sulfonamides is 1. The molecule has 2 aromatic rings. The number of carbonyl (C=O) groups excluding carboxylic acids is 1. The van der Waals surface area contributed by atoms with Crippen molar-refractivity contribution >= 4 is 16.0 Å². The summed E-state index contributed by atoms with van der Waals surface area (Å²) in [5.41, 5.74) is 1.60. The summed E-state index contributed by atoms with van der Waals surface area (Å²) in [5.74, 6) is 0.0823. The van der Waals surface area contributed by atoms with Crippen LogP contribution in [-0.4, -0.2) is 49.2 Å². The number of carbonyl (C=O) groups is 1. The lowest BCUT2D eigenvalue weighted by molar-refractivity contribution is 0.0561. The average Bonchev–Trinajstić information content (AvgIpc) is 3.05. The van der Waals surface area contributed by atoms with Crippen LogP contribution in [0.5, 0.6) is 0 Å². The fourth-order valence-electron chi connectivity index (χ4n) is 2.60. The Morgan fingerprint density at radius 2 is 2.00 bits per heavy atom. The van der Waals surface area contributed by atoms with Crippen LogP contribution in [0.3, 0.4) is 0 Å². The zero-order valence-corrected chi connectivity index (χ0v) is 16.1. The fourth-order valence-corrected chi connectivity index (χ4v) is 4.15. The van der Waals surface area contributed by atoms with Crippen molar-refractivity contribution in [3.05, 3.63) is 34.5 Å². The maximum Gasteiger partial charge on any atom is 0.374 e. The molecule has 2 aromatic heterocycles. The van der Waals surface area contributed by atoms with E-state index >= 15 is 0 Å². The van der Waals surface area contributed by atoms with Crippen molar-refractivity contribution in [1.82, 2.24) is 14.1 Å². The van der Waals surface area contributed by atoms with E-state index in [0.717, 1.165) is 0 Å². The van der Waals surface area contributed by atoms with Crippen LogP contribution in [0, 0.1) is 20.8 Å². The normalized spacial score (nSPS) is 12.0. The number of ether oxygens (including phenoxy) is 1. The van der Waals surface area contributed by atoms with Gasteiger partial charge >= 0.3 is 5.97 Å². The first-order valence-corrected chi connectivity index (χ1v) is 9.25. The molecule has 0 bridgehead atoms. The lowest BCUT2D eigenvalue weighted by Gasteiger charge is -2.15. The van der Waals surface area contributed by atoms with Gasteiger partial charge in [0.1, 0.15) is 10.7 Å². The topological polar surface area (TPSA) is 94.6 Å². The molecule has 0 spiro atoms. The number of furan rings is 1. The van der Waals surface area contributed by atoms with Crippen molar-refractivity contribution in [2.24, 2.45) is 0 Å². The molecule has 0 aliphatic carbocycles. The summed E-state index contributed by atoms with van der Waals surface area (Å²) >= 11 is 0. The molecule has 0 saturated heterocycles. The molecule has 0 radical (unpaired) electrons. The van der Waals surface area contributed by atoms with E-state index in [4.69, 9.17) is 4.42 Å². The van der Waals surface area contributed by atoms with E-state index in [1.54, 1.807) is 38.4 Å². The second-order valence-electron chi connectivity index (χ2n) is 5.79. The third kappa shape index (κ3) is 3.47. The summed E-state index contributed by atoms with van der Waals surface area (Å²) in [7, 11) is -0.781. The van der Waals surface area contributed by atoms with E-state index in [0.29, 0.717) is 29.3 Å². The van der Waals surface area contributed by atoms with Crippen molar-refractivity contribution in [3.63, 3.8) is 0 Å². The number of nitrogens with zero attached hydrogens (tertiary/aromatic N) is 3. The van der Waals surface area contributed by atoms with E-state index in [9.17, 15) is 13.2 Å². The van der Waals surface area contributed by atoms with Crippen LogP contribution in [0.25, 0.3) is 0 Å². The van der Waals surface area contributed by atoms with Crippen molar-refractivity contribution < 1.29 is 22.4 Å². The van der Waals surface area contributed by atoms with Gasteiger partial charge in [-0.25, -0.2) is 17.5 Å². The molecular formula is C16H23N3O5S. The highest BCUT2D eigenvalue weighted by atomic mass is 32.2. The maximum atomic E-state index is 12.6. The van der Waals surface area contributed by atoms with Gasteiger partial charge in [0.25, 0.3) is 0 Å². The zero-order chi connectivity index (χ0) is 18.9. The summed E-state index contributed by atoms with van der Waals surface area (Å²) in [5, 5.41) is 4.33. The van der Waals surface area contributed by atoms with Gasteiger partial charge in [-0.1, -0.05) is 6.92 Å².